The minimum atomic E-state index is -3.62. The summed E-state index contributed by atoms with van der Waals surface area (Å²) < 4.78 is 30.0. The lowest BCUT2D eigenvalue weighted by atomic mass is 10.2. The SMILES string of the molecule is COC(=O)C(F)(F)C=Cc1ccc(Cl)cc1. The smallest absolute Gasteiger partial charge is 0.381 e. The first-order valence-corrected chi connectivity index (χ1v) is 4.74. The lowest BCUT2D eigenvalue weighted by Gasteiger charge is -2.07. The maximum Gasteiger partial charge on any atom is 0.381 e. The van der Waals surface area contributed by atoms with Crippen molar-refractivity contribution >= 4 is 23.6 Å². The van der Waals surface area contributed by atoms with E-state index < -0.39 is 11.9 Å². The van der Waals surface area contributed by atoms with Crippen LogP contribution in [-0.2, 0) is 9.53 Å². The van der Waals surface area contributed by atoms with Crippen molar-refractivity contribution in [3.63, 3.8) is 0 Å². The zero-order valence-corrected chi connectivity index (χ0v) is 9.17. The molecule has 5 heteroatoms. The van der Waals surface area contributed by atoms with Crippen LogP contribution in [0.4, 0.5) is 8.78 Å². The molecule has 0 radical (unpaired) electrons. The number of ether oxygens (including phenoxy) is 1. The maximum atomic E-state index is 13.0. The van der Waals surface area contributed by atoms with Gasteiger partial charge in [-0.05, 0) is 23.8 Å². The molecule has 0 saturated heterocycles. The molecule has 0 amide bonds. The van der Waals surface area contributed by atoms with E-state index in [0.29, 0.717) is 16.7 Å². The molecule has 2 nitrogen and oxygen atoms in total. The van der Waals surface area contributed by atoms with Crippen LogP contribution >= 0.6 is 11.6 Å². The average molecular weight is 247 g/mol. The maximum absolute atomic E-state index is 13.0. The number of rotatable bonds is 3. The monoisotopic (exact) mass is 246 g/mol. The zero-order valence-electron chi connectivity index (χ0n) is 8.41. The molecule has 16 heavy (non-hydrogen) atoms. The van der Waals surface area contributed by atoms with Crippen LogP contribution in [0.3, 0.4) is 0 Å². The molecule has 0 aromatic heterocycles. The van der Waals surface area contributed by atoms with E-state index in [2.05, 4.69) is 4.74 Å². The molecule has 1 aromatic carbocycles. The van der Waals surface area contributed by atoms with Gasteiger partial charge >= 0.3 is 11.9 Å². The Balaban J connectivity index is 2.80. The molecule has 1 aromatic rings. The van der Waals surface area contributed by atoms with Gasteiger partial charge in [0.15, 0.2) is 0 Å². The summed E-state index contributed by atoms with van der Waals surface area (Å²) in [6.45, 7) is 0. The number of methoxy groups -OCH3 is 1. The number of halogens is 3. The molecule has 0 spiro atoms. The van der Waals surface area contributed by atoms with Crippen molar-refractivity contribution in [3.8, 4) is 0 Å². The lowest BCUT2D eigenvalue weighted by Crippen LogP contribution is -2.27. The lowest BCUT2D eigenvalue weighted by molar-refractivity contribution is -0.161. The van der Waals surface area contributed by atoms with E-state index in [0.717, 1.165) is 13.2 Å². The van der Waals surface area contributed by atoms with Crippen LogP contribution in [-0.4, -0.2) is 19.0 Å². The molecular weight excluding hydrogens is 238 g/mol. The predicted octanol–water partition coefficient (Wildman–Crippen LogP) is 3.16. The number of hydrogen-bond acceptors (Lipinski definition) is 2. The second-order valence-corrected chi connectivity index (χ2v) is 3.44. The highest BCUT2D eigenvalue weighted by Gasteiger charge is 2.36. The number of carbonyl (C=O) groups is 1. The molecule has 0 aliphatic carbocycles. The molecule has 0 aliphatic heterocycles. The third kappa shape index (κ3) is 3.31. The summed E-state index contributed by atoms with van der Waals surface area (Å²) >= 11 is 5.63. The van der Waals surface area contributed by atoms with Crippen LogP contribution in [0, 0.1) is 0 Å². The molecule has 0 N–H and O–H groups in total. The van der Waals surface area contributed by atoms with Gasteiger partial charge in [-0.15, -0.1) is 0 Å². The topological polar surface area (TPSA) is 26.3 Å². The number of esters is 1. The quantitative estimate of drug-likeness (QED) is 0.766. The average Bonchev–Trinajstić information content (AvgIpc) is 2.27. The molecular formula is C11H9ClF2O2. The van der Waals surface area contributed by atoms with Gasteiger partial charge in [-0.3, -0.25) is 0 Å². The molecule has 0 fully saturated rings. The van der Waals surface area contributed by atoms with E-state index in [9.17, 15) is 13.6 Å². The largest absolute Gasteiger partial charge is 0.464 e. The van der Waals surface area contributed by atoms with Crippen molar-refractivity contribution < 1.29 is 18.3 Å². The zero-order chi connectivity index (χ0) is 12.2. The minimum absolute atomic E-state index is 0.488. The third-order valence-corrected chi connectivity index (χ3v) is 2.06. The van der Waals surface area contributed by atoms with Gasteiger partial charge in [0.2, 0.25) is 0 Å². The summed E-state index contributed by atoms with van der Waals surface area (Å²) in [5.74, 6) is -5.20. The van der Waals surface area contributed by atoms with E-state index in [1.165, 1.54) is 0 Å². The van der Waals surface area contributed by atoms with Crippen LogP contribution in [0.15, 0.2) is 30.3 Å². The van der Waals surface area contributed by atoms with Gasteiger partial charge < -0.3 is 4.74 Å². The second kappa shape index (κ2) is 5.07. The minimum Gasteiger partial charge on any atom is -0.464 e. The van der Waals surface area contributed by atoms with Crippen molar-refractivity contribution in [1.29, 1.82) is 0 Å². The second-order valence-electron chi connectivity index (χ2n) is 3.00. The fourth-order valence-corrected chi connectivity index (χ4v) is 1.10. The van der Waals surface area contributed by atoms with Crippen molar-refractivity contribution in [2.75, 3.05) is 7.11 Å². The van der Waals surface area contributed by atoms with Crippen LogP contribution in [0.1, 0.15) is 5.56 Å². The molecule has 0 saturated carbocycles. The van der Waals surface area contributed by atoms with Crippen LogP contribution in [0.5, 0.6) is 0 Å². The van der Waals surface area contributed by atoms with E-state index in [1.807, 2.05) is 0 Å². The Morgan fingerprint density at radius 3 is 2.44 bits per heavy atom. The van der Waals surface area contributed by atoms with Crippen LogP contribution in [0.25, 0.3) is 6.08 Å². The normalized spacial score (nSPS) is 11.8. The Bertz CT molecular complexity index is 399. The van der Waals surface area contributed by atoms with Gasteiger partial charge in [0, 0.05) is 5.02 Å². The summed E-state index contributed by atoms with van der Waals surface area (Å²) in [7, 11) is 0.909. The number of benzene rings is 1. The molecule has 0 atom stereocenters. The van der Waals surface area contributed by atoms with E-state index in [4.69, 9.17) is 11.6 Å². The standard InChI is InChI=1S/C11H9ClF2O2/c1-16-10(15)11(13,14)7-6-8-2-4-9(12)5-3-8/h2-7H,1H3. The van der Waals surface area contributed by atoms with Crippen LogP contribution in [0.2, 0.25) is 5.02 Å². The van der Waals surface area contributed by atoms with E-state index in [1.54, 1.807) is 24.3 Å². The number of hydrogen-bond donors (Lipinski definition) is 0. The third-order valence-electron chi connectivity index (χ3n) is 1.81. The van der Waals surface area contributed by atoms with Crippen molar-refractivity contribution in [2.24, 2.45) is 0 Å². The summed E-state index contributed by atoms with van der Waals surface area (Å²) in [5, 5.41) is 0.511. The highest BCUT2D eigenvalue weighted by atomic mass is 35.5. The molecule has 86 valence electrons. The van der Waals surface area contributed by atoms with Gasteiger partial charge in [0.05, 0.1) is 7.11 Å². The fourth-order valence-electron chi connectivity index (χ4n) is 0.979. The van der Waals surface area contributed by atoms with Crippen molar-refractivity contribution in [3.05, 3.63) is 40.9 Å². The summed E-state index contributed by atoms with van der Waals surface area (Å²) in [4.78, 5) is 10.7. The molecule has 0 aliphatic rings. The first-order valence-electron chi connectivity index (χ1n) is 4.37. The Morgan fingerprint density at radius 1 is 1.38 bits per heavy atom. The first-order chi connectivity index (χ1) is 7.45. The molecule has 0 heterocycles. The Kier molecular flexibility index (Phi) is 4.01. The van der Waals surface area contributed by atoms with E-state index >= 15 is 0 Å². The van der Waals surface area contributed by atoms with Gasteiger partial charge in [-0.25, -0.2) is 4.79 Å². The van der Waals surface area contributed by atoms with Gasteiger partial charge in [-0.2, -0.15) is 8.78 Å². The van der Waals surface area contributed by atoms with Gasteiger partial charge in [-0.1, -0.05) is 29.8 Å². The molecule has 0 bridgehead atoms. The van der Waals surface area contributed by atoms with E-state index in [-0.39, 0.29) is 0 Å². The Morgan fingerprint density at radius 2 is 1.94 bits per heavy atom. The van der Waals surface area contributed by atoms with Crippen molar-refractivity contribution in [2.45, 2.75) is 5.92 Å². The molecule has 0 unspecified atom stereocenters. The number of carbonyl (C=O) groups excluding carboxylic acids is 1. The van der Waals surface area contributed by atoms with Gasteiger partial charge in [0.25, 0.3) is 0 Å². The first kappa shape index (κ1) is 12.6. The van der Waals surface area contributed by atoms with Crippen LogP contribution < -0.4 is 0 Å². The molecule has 1 rings (SSSR count). The highest BCUT2D eigenvalue weighted by Crippen LogP contribution is 2.19. The highest BCUT2D eigenvalue weighted by molar-refractivity contribution is 6.30. The summed E-state index contributed by atoms with van der Waals surface area (Å²) in [6.07, 6.45) is 1.62. The summed E-state index contributed by atoms with van der Waals surface area (Å²) in [6, 6.07) is 6.26. The predicted molar refractivity (Wildman–Crippen MR) is 57.4 cm³/mol. The van der Waals surface area contributed by atoms with Crippen molar-refractivity contribution in [1.82, 2.24) is 0 Å². The Labute approximate surface area is 96.5 Å². The number of alkyl halides is 2. The fraction of sp³-hybridized carbons (Fsp3) is 0.182. The summed E-state index contributed by atoms with van der Waals surface area (Å²) in [5.41, 5.74) is 0.521. The Hall–Kier alpha value is -1.42. The van der Waals surface area contributed by atoms with Gasteiger partial charge in [0.1, 0.15) is 0 Å².